The quantitative estimate of drug-likeness (QED) is 0.731. The number of carbonyl (C=O) groups is 2. The number of benzene rings is 2. The Morgan fingerprint density at radius 1 is 1.00 bits per heavy atom. The zero-order valence-electron chi connectivity index (χ0n) is 15.3. The highest BCUT2D eigenvalue weighted by molar-refractivity contribution is 5.98. The van der Waals surface area contributed by atoms with Crippen molar-refractivity contribution in [3.63, 3.8) is 0 Å². The molecule has 2 amide bonds. The highest BCUT2D eigenvalue weighted by Crippen LogP contribution is 2.18. The fourth-order valence-electron chi connectivity index (χ4n) is 3.42. The summed E-state index contributed by atoms with van der Waals surface area (Å²) in [5, 5.41) is 3.55. The van der Waals surface area contributed by atoms with E-state index in [1.807, 2.05) is 35.2 Å². The number of para-hydroxylation sites is 1. The average Bonchev–Trinajstić information content (AvgIpc) is 3.12. The largest absolute Gasteiger partial charge is 0.351 e. The molecule has 4 rings (SSSR count). The minimum atomic E-state index is -0.326. The van der Waals surface area contributed by atoms with Crippen LogP contribution in [-0.2, 0) is 4.79 Å². The van der Waals surface area contributed by atoms with Gasteiger partial charge in [-0.25, -0.2) is 4.39 Å². The minimum absolute atomic E-state index is 0.0661. The number of halogens is 1. The monoisotopic (exact) mass is 380 g/mol. The molecule has 0 saturated carbocycles. The van der Waals surface area contributed by atoms with Crippen molar-refractivity contribution in [1.29, 1.82) is 0 Å². The molecule has 7 heteroatoms. The standard InChI is InChI=1S/C21H21FN4O2/c22-16-6-7-18-15(12-16)13-19(24-18)21(28)26-10-8-25(9-11-26)14-20(27)23-17-4-2-1-3-5-17/h1-7,12-13,24H,8-11,14H2,(H,23,27). The Morgan fingerprint density at radius 2 is 1.75 bits per heavy atom. The molecular formula is C21H21FN4O2. The van der Waals surface area contributed by atoms with Crippen LogP contribution in [0.25, 0.3) is 10.9 Å². The van der Waals surface area contributed by atoms with Gasteiger partial charge in [-0.2, -0.15) is 0 Å². The Labute approximate surface area is 161 Å². The Kier molecular flexibility index (Phi) is 5.08. The molecule has 0 unspecified atom stereocenters. The molecule has 2 heterocycles. The van der Waals surface area contributed by atoms with E-state index in [1.54, 1.807) is 17.0 Å². The van der Waals surface area contributed by atoms with Gasteiger partial charge in [-0.3, -0.25) is 14.5 Å². The molecule has 6 nitrogen and oxygen atoms in total. The predicted molar refractivity (Wildman–Crippen MR) is 106 cm³/mol. The second-order valence-electron chi connectivity index (χ2n) is 6.90. The van der Waals surface area contributed by atoms with Gasteiger partial charge in [0.25, 0.3) is 5.91 Å². The number of aromatic nitrogens is 1. The summed E-state index contributed by atoms with van der Waals surface area (Å²) < 4.78 is 13.3. The summed E-state index contributed by atoms with van der Waals surface area (Å²) in [6.45, 7) is 2.64. The van der Waals surface area contributed by atoms with Gasteiger partial charge < -0.3 is 15.2 Å². The number of amides is 2. The van der Waals surface area contributed by atoms with Crippen LogP contribution in [0.3, 0.4) is 0 Å². The number of nitrogens with zero attached hydrogens (tertiary/aromatic N) is 2. The summed E-state index contributed by atoms with van der Waals surface area (Å²) in [6, 6.07) is 15.4. The van der Waals surface area contributed by atoms with E-state index < -0.39 is 0 Å². The first-order valence-electron chi connectivity index (χ1n) is 9.23. The van der Waals surface area contributed by atoms with Crippen LogP contribution in [0, 0.1) is 5.82 Å². The number of hydrogen-bond donors (Lipinski definition) is 2. The number of H-pyrrole nitrogens is 1. The molecule has 3 aromatic rings. The van der Waals surface area contributed by atoms with Crippen molar-refractivity contribution in [2.75, 3.05) is 38.0 Å². The molecule has 1 aliphatic heterocycles. The first kappa shape index (κ1) is 18.2. The van der Waals surface area contributed by atoms with Crippen LogP contribution in [0.5, 0.6) is 0 Å². The van der Waals surface area contributed by atoms with Crippen LogP contribution in [0.15, 0.2) is 54.6 Å². The molecular weight excluding hydrogens is 359 g/mol. The lowest BCUT2D eigenvalue weighted by atomic mass is 10.2. The zero-order chi connectivity index (χ0) is 19.5. The van der Waals surface area contributed by atoms with Crippen LogP contribution < -0.4 is 5.32 Å². The van der Waals surface area contributed by atoms with Gasteiger partial charge in [-0.15, -0.1) is 0 Å². The third-order valence-electron chi connectivity index (χ3n) is 4.90. The van der Waals surface area contributed by atoms with Crippen LogP contribution in [0.4, 0.5) is 10.1 Å². The predicted octanol–water partition coefficient (Wildman–Crippen LogP) is 2.70. The van der Waals surface area contributed by atoms with Gasteiger partial charge in [0.1, 0.15) is 11.5 Å². The van der Waals surface area contributed by atoms with E-state index in [2.05, 4.69) is 10.3 Å². The van der Waals surface area contributed by atoms with E-state index in [9.17, 15) is 14.0 Å². The lowest BCUT2D eigenvalue weighted by Gasteiger charge is -2.34. The van der Waals surface area contributed by atoms with Crippen molar-refractivity contribution < 1.29 is 14.0 Å². The van der Waals surface area contributed by atoms with E-state index in [1.165, 1.54) is 12.1 Å². The Bertz CT molecular complexity index is 994. The van der Waals surface area contributed by atoms with Gasteiger partial charge in [0.05, 0.1) is 6.54 Å². The van der Waals surface area contributed by atoms with Crippen molar-refractivity contribution in [3.8, 4) is 0 Å². The molecule has 2 N–H and O–H groups in total. The van der Waals surface area contributed by atoms with Gasteiger partial charge in [0, 0.05) is 42.8 Å². The second-order valence-corrected chi connectivity index (χ2v) is 6.90. The molecule has 28 heavy (non-hydrogen) atoms. The van der Waals surface area contributed by atoms with Crippen molar-refractivity contribution in [2.24, 2.45) is 0 Å². The smallest absolute Gasteiger partial charge is 0.270 e. The fourth-order valence-corrected chi connectivity index (χ4v) is 3.42. The molecule has 144 valence electrons. The van der Waals surface area contributed by atoms with Crippen LogP contribution >= 0.6 is 0 Å². The summed E-state index contributed by atoms with van der Waals surface area (Å²) in [4.78, 5) is 31.7. The summed E-state index contributed by atoms with van der Waals surface area (Å²) in [5.74, 6) is -0.499. The first-order chi connectivity index (χ1) is 13.6. The molecule has 1 aromatic heterocycles. The number of carbonyl (C=O) groups excluding carboxylic acids is 2. The normalized spacial score (nSPS) is 15.0. The third-order valence-corrected chi connectivity index (χ3v) is 4.90. The maximum atomic E-state index is 13.3. The Balaban J connectivity index is 1.31. The number of rotatable bonds is 4. The van der Waals surface area contributed by atoms with E-state index in [-0.39, 0.29) is 17.6 Å². The maximum Gasteiger partial charge on any atom is 0.270 e. The van der Waals surface area contributed by atoms with Gasteiger partial charge in [0.2, 0.25) is 5.91 Å². The summed E-state index contributed by atoms with van der Waals surface area (Å²) in [7, 11) is 0. The number of nitrogens with one attached hydrogen (secondary N) is 2. The topological polar surface area (TPSA) is 68.4 Å². The van der Waals surface area contributed by atoms with Gasteiger partial charge in [-0.1, -0.05) is 18.2 Å². The van der Waals surface area contributed by atoms with Crippen molar-refractivity contribution in [2.45, 2.75) is 0 Å². The molecule has 2 aromatic carbocycles. The summed E-state index contributed by atoms with van der Waals surface area (Å²) in [6.07, 6.45) is 0. The number of anilines is 1. The molecule has 0 radical (unpaired) electrons. The lowest BCUT2D eigenvalue weighted by Crippen LogP contribution is -2.50. The van der Waals surface area contributed by atoms with Crippen molar-refractivity contribution in [3.05, 3.63) is 66.1 Å². The molecule has 0 spiro atoms. The maximum absolute atomic E-state index is 13.3. The molecule has 0 bridgehead atoms. The molecule has 1 aliphatic rings. The molecule has 0 aliphatic carbocycles. The molecule has 1 saturated heterocycles. The second kappa shape index (κ2) is 7.82. The van der Waals surface area contributed by atoms with Crippen LogP contribution in [0.2, 0.25) is 0 Å². The van der Waals surface area contributed by atoms with Gasteiger partial charge >= 0.3 is 0 Å². The number of aromatic amines is 1. The summed E-state index contributed by atoms with van der Waals surface area (Å²) >= 11 is 0. The Hall–Kier alpha value is -3.19. The highest BCUT2D eigenvalue weighted by Gasteiger charge is 2.24. The van der Waals surface area contributed by atoms with Crippen molar-refractivity contribution in [1.82, 2.24) is 14.8 Å². The fraction of sp³-hybridized carbons (Fsp3) is 0.238. The number of fused-ring (bicyclic) bond motifs is 1. The lowest BCUT2D eigenvalue weighted by molar-refractivity contribution is -0.117. The number of hydrogen-bond acceptors (Lipinski definition) is 3. The van der Waals surface area contributed by atoms with Gasteiger partial charge in [0.15, 0.2) is 0 Å². The zero-order valence-corrected chi connectivity index (χ0v) is 15.3. The minimum Gasteiger partial charge on any atom is -0.351 e. The van der Waals surface area contributed by atoms with Crippen molar-refractivity contribution >= 4 is 28.4 Å². The van der Waals surface area contributed by atoms with E-state index >= 15 is 0 Å². The van der Waals surface area contributed by atoms with Gasteiger partial charge in [-0.05, 0) is 36.4 Å². The van der Waals surface area contributed by atoms with E-state index in [0.29, 0.717) is 43.8 Å². The summed E-state index contributed by atoms with van der Waals surface area (Å²) in [5.41, 5.74) is 1.97. The number of piperazine rings is 1. The van der Waals surface area contributed by atoms with E-state index in [4.69, 9.17) is 0 Å². The molecule has 0 atom stereocenters. The average molecular weight is 380 g/mol. The third kappa shape index (κ3) is 4.04. The highest BCUT2D eigenvalue weighted by atomic mass is 19.1. The SMILES string of the molecule is O=C(CN1CCN(C(=O)c2cc3cc(F)ccc3[nH]2)CC1)Nc1ccccc1. The van der Waals surface area contributed by atoms with E-state index in [0.717, 1.165) is 11.2 Å². The van der Waals surface area contributed by atoms with Crippen LogP contribution in [-0.4, -0.2) is 59.3 Å². The Morgan fingerprint density at radius 3 is 2.50 bits per heavy atom. The van der Waals surface area contributed by atoms with Crippen LogP contribution in [0.1, 0.15) is 10.5 Å². The molecule has 1 fully saturated rings. The first-order valence-corrected chi connectivity index (χ1v) is 9.23.